The molecular weight excluding hydrogens is 350 g/mol. The molecule has 0 aromatic carbocycles. The molecule has 0 fully saturated rings. The van der Waals surface area contributed by atoms with Crippen LogP contribution >= 0.6 is 0 Å². The maximum Gasteiger partial charge on any atom is 0.264 e. The first-order valence-electron chi connectivity index (χ1n) is 7.81. The number of carbonyl (C=O) groups excluding carboxylic acids is 2. The van der Waals surface area contributed by atoms with Crippen LogP contribution in [-0.4, -0.2) is 36.7 Å². The summed E-state index contributed by atoms with van der Waals surface area (Å²) in [5.74, 6) is -0.582. The minimum Gasteiger partial charge on any atom is -0.325 e. The lowest BCUT2D eigenvalue weighted by Crippen LogP contribution is -2.17. The van der Waals surface area contributed by atoms with Gasteiger partial charge in [-0.25, -0.2) is 5.48 Å². The zero-order valence-electron chi connectivity index (χ0n) is 14.0. The molecular formula is C15H23N3O6S. The molecule has 0 atom stereocenters. The number of hydroxylamine groups is 1. The smallest absolute Gasteiger partial charge is 0.264 e. The van der Waals surface area contributed by atoms with Crippen LogP contribution in [0.2, 0.25) is 0 Å². The average Bonchev–Trinajstić information content (AvgIpc) is 2.55. The summed E-state index contributed by atoms with van der Waals surface area (Å²) < 4.78 is 26.6. The summed E-state index contributed by atoms with van der Waals surface area (Å²) in [6.45, 7) is -0.142. The molecule has 0 aliphatic heterocycles. The number of unbranched alkanes of at least 4 members (excludes halogenated alkanes) is 3. The van der Waals surface area contributed by atoms with Crippen molar-refractivity contribution in [3.8, 4) is 0 Å². The Kier molecular flexibility index (Phi) is 9.03. The molecule has 0 unspecified atom stereocenters. The van der Waals surface area contributed by atoms with Gasteiger partial charge in [0.05, 0.1) is 24.7 Å². The minimum absolute atomic E-state index is 0.142. The van der Waals surface area contributed by atoms with Crippen LogP contribution in [0.25, 0.3) is 0 Å². The van der Waals surface area contributed by atoms with Crippen LogP contribution in [0, 0.1) is 0 Å². The monoisotopic (exact) mass is 373 g/mol. The van der Waals surface area contributed by atoms with E-state index in [-0.39, 0.29) is 18.9 Å². The molecule has 1 aromatic rings. The molecule has 0 radical (unpaired) electrons. The highest BCUT2D eigenvalue weighted by Gasteiger charge is 2.06. The Morgan fingerprint density at radius 3 is 2.36 bits per heavy atom. The van der Waals surface area contributed by atoms with Gasteiger partial charge in [0.25, 0.3) is 10.1 Å². The van der Waals surface area contributed by atoms with Crippen molar-refractivity contribution in [2.24, 2.45) is 0 Å². The Labute approximate surface area is 146 Å². The van der Waals surface area contributed by atoms with E-state index in [0.717, 1.165) is 19.1 Å². The Morgan fingerprint density at radius 1 is 1.12 bits per heavy atom. The standard InChI is InChI=1S/C15H23N3O6S/c1-25(22,23)24-11-12-8-13(10-16-9-12)17-14(19)6-4-2-3-5-7-15(20)18-21/h8-10,21H,2-7,11H2,1H3,(H,17,19)(H,18,20). The SMILES string of the molecule is CS(=O)(=O)OCc1cncc(NC(=O)CCCCCCC(=O)NO)c1. The molecule has 9 nitrogen and oxygen atoms in total. The third-order valence-corrected chi connectivity index (χ3v) is 3.75. The van der Waals surface area contributed by atoms with Gasteiger partial charge in [-0.1, -0.05) is 12.8 Å². The van der Waals surface area contributed by atoms with Gasteiger partial charge in [-0.3, -0.25) is 24.0 Å². The van der Waals surface area contributed by atoms with Crippen molar-refractivity contribution in [1.29, 1.82) is 0 Å². The highest BCUT2D eigenvalue weighted by Crippen LogP contribution is 2.12. The average molecular weight is 373 g/mol. The Bertz CT molecular complexity index is 678. The van der Waals surface area contributed by atoms with Crippen LogP contribution in [0.1, 0.15) is 44.1 Å². The number of hydrogen-bond acceptors (Lipinski definition) is 7. The lowest BCUT2D eigenvalue weighted by atomic mass is 10.1. The van der Waals surface area contributed by atoms with E-state index in [1.165, 1.54) is 12.4 Å². The topological polar surface area (TPSA) is 135 Å². The number of nitrogens with zero attached hydrogens (tertiary/aromatic N) is 1. The molecule has 2 amide bonds. The fourth-order valence-corrected chi connectivity index (χ4v) is 2.36. The van der Waals surface area contributed by atoms with Gasteiger partial charge >= 0.3 is 0 Å². The molecule has 1 rings (SSSR count). The van der Waals surface area contributed by atoms with Gasteiger partial charge in [-0.2, -0.15) is 8.42 Å². The third kappa shape index (κ3) is 10.4. The van der Waals surface area contributed by atoms with Gasteiger partial charge in [0.1, 0.15) is 0 Å². The number of nitrogens with one attached hydrogen (secondary N) is 2. The second kappa shape index (κ2) is 10.7. The molecule has 140 valence electrons. The Hall–Kier alpha value is -2.04. The summed E-state index contributed by atoms with van der Waals surface area (Å²) in [5, 5.41) is 11.0. The van der Waals surface area contributed by atoms with Crippen LogP contribution in [0.3, 0.4) is 0 Å². The van der Waals surface area contributed by atoms with Crippen molar-refractivity contribution in [3.63, 3.8) is 0 Å². The van der Waals surface area contributed by atoms with Gasteiger partial charge in [-0.15, -0.1) is 0 Å². The fraction of sp³-hybridized carbons (Fsp3) is 0.533. The molecule has 1 aromatic heterocycles. The van der Waals surface area contributed by atoms with Crippen molar-refractivity contribution in [1.82, 2.24) is 10.5 Å². The van der Waals surface area contributed by atoms with Gasteiger partial charge in [0.2, 0.25) is 11.8 Å². The molecule has 3 N–H and O–H groups in total. The largest absolute Gasteiger partial charge is 0.325 e. The van der Waals surface area contributed by atoms with E-state index in [1.54, 1.807) is 11.5 Å². The second-order valence-corrected chi connectivity index (χ2v) is 7.19. The van der Waals surface area contributed by atoms with E-state index in [0.29, 0.717) is 30.5 Å². The summed E-state index contributed by atoms with van der Waals surface area (Å²) in [5.41, 5.74) is 2.58. The summed E-state index contributed by atoms with van der Waals surface area (Å²) in [6.07, 6.45) is 7.40. The normalized spacial score (nSPS) is 11.1. The Balaban J connectivity index is 2.29. The zero-order valence-corrected chi connectivity index (χ0v) is 14.8. The molecule has 10 heteroatoms. The molecule has 0 saturated heterocycles. The number of carbonyl (C=O) groups is 2. The predicted molar refractivity (Wildman–Crippen MR) is 90.1 cm³/mol. The number of aromatic nitrogens is 1. The first kappa shape index (κ1) is 21.0. The van der Waals surface area contributed by atoms with Gasteiger partial charge in [0.15, 0.2) is 0 Å². The summed E-state index contributed by atoms with van der Waals surface area (Å²) in [4.78, 5) is 26.6. The molecule has 25 heavy (non-hydrogen) atoms. The summed E-state index contributed by atoms with van der Waals surface area (Å²) in [7, 11) is -3.54. The zero-order chi connectivity index (χ0) is 18.7. The van der Waals surface area contributed by atoms with Crippen molar-refractivity contribution in [2.45, 2.75) is 45.1 Å². The summed E-state index contributed by atoms with van der Waals surface area (Å²) >= 11 is 0. The van der Waals surface area contributed by atoms with Crippen LogP contribution in [0.15, 0.2) is 18.5 Å². The molecule has 0 saturated carbocycles. The number of hydrogen-bond donors (Lipinski definition) is 3. The van der Waals surface area contributed by atoms with E-state index in [4.69, 9.17) is 5.21 Å². The first-order chi connectivity index (χ1) is 11.8. The van der Waals surface area contributed by atoms with Gasteiger partial charge < -0.3 is 5.32 Å². The maximum atomic E-state index is 11.9. The number of amides is 2. The van der Waals surface area contributed by atoms with E-state index in [2.05, 4.69) is 14.5 Å². The maximum absolute atomic E-state index is 11.9. The van der Waals surface area contributed by atoms with Crippen LogP contribution in [0.4, 0.5) is 5.69 Å². The van der Waals surface area contributed by atoms with Crippen molar-refractivity contribution >= 4 is 27.6 Å². The minimum atomic E-state index is -3.54. The lowest BCUT2D eigenvalue weighted by molar-refractivity contribution is -0.129. The van der Waals surface area contributed by atoms with Crippen molar-refractivity contribution in [2.75, 3.05) is 11.6 Å². The van der Waals surface area contributed by atoms with Crippen molar-refractivity contribution in [3.05, 3.63) is 24.0 Å². The molecule has 0 bridgehead atoms. The van der Waals surface area contributed by atoms with E-state index >= 15 is 0 Å². The van der Waals surface area contributed by atoms with E-state index in [9.17, 15) is 18.0 Å². The molecule has 1 heterocycles. The van der Waals surface area contributed by atoms with Crippen LogP contribution in [-0.2, 0) is 30.5 Å². The first-order valence-corrected chi connectivity index (χ1v) is 9.63. The number of pyridine rings is 1. The highest BCUT2D eigenvalue weighted by atomic mass is 32.2. The third-order valence-electron chi connectivity index (χ3n) is 3.20. The number of rotatable bonds is 11. The molecule has 0 aliphatic rings. The van der Waals surface area contributed by atoms with Crippen molar-refractivity contribution < 1.29 is 27.4 Å². The van der Waals surface area contributed by atoms with Gasteiger partial charge in [-0.05, 0) is 24.5 Å². The summed E-state index contributed by atoms with van der Waals surface area (Å²) in [6, 6.07) is 1.60. The van der Waals surface area contributed by atoms with Crippen LogP contribution < -0.4 is 10.8 Å². The van der Waals surface area contributed by atoms with E-state index < -0.39 is 16.0 Å². The quantitative estimate of drug-likeness (QED) is 0.230. The van der Waals surface area contributed by atoms with E-state index in [1.807, 2.05) is 0 Å². The fourth-order valence-electron chi connectivity index (χ4n) is 2.01. The number of anilines is 1. The predicted octanol–water partition coefficient (Wildman–Crippen LogP) is 1.34. The lowest BCUT2D eigenvalue weighted by Gasteiger charge is -2.07. The highest BCUT2D eigenvalue weighted by molar-refractivity contribution is 7.85. The molecule has 0 spiro atoms. The molecule has 0 aliphatic carbocycles. The van der Waals surface area contributed by atoms with Crippen LogP contribution in [0.5, 0.6) is 0 Å². The Morgan fingerprint density at radius 2 is 1.76 bits per heavy atom. The second-order valence-electron chi connectivity index (χ2n) is 5.55. The van der Waals surface area contributed by atoms with Gasteiger partial charge in [0, 0.05) is 19.0 Å².